The highest BCUT2D eigenvalue weighted by Crippen LogP contribution is 2.36. The van der Waals surface area contributed by atoms with E-state index in [0.29, 0.717) is 28.6 Å². The average molecular weight is 306 g/mol. The number of anilines is 2. The molecule has 1 amide bonds. The van der Waals surface area contributed by atoms with Crippen molar-refractivity contribution < 1.29 is 4.79 Å². The molecule has 3 N–H and O–H groups in total. The SMILES string of the molecule is Nc1nc(NC2CC2)sc1C(=O)N(CC1CC1)CC1CC1. The van der Waals surface area contributed by atoms with Crippen molar-refractivity contribution in [2.75, 3.05) is 24.1 Å². The van der Waals surface area contributed by atoms with E-state index < -0.39 is 0 Å². The molecule has 0 radical (unpaired) electrons. The summed E-state index contributed by atoms with van der Waals surface area (Å²) in [5.41, 5.74) is 5.98. The second-order valence-electron chi connectivity index (χ2n) is 6.75. The number of amides is 1. The molecule has 4 rings (SSSR count). The van der Waals surface area contributed by atoms with E-state index in [-0.39, 0.29) is 5.91 Å². The molecule has 0 atom stereocenters. The van der Waals surface area contributed by atoms with Crippen LogP contribution in [0, 0.1) is 11.8 Å². The fraction of sp³-hybridized carbons (Fsp3) is 0.733. The Hall–Kier alpha value is -1.30. The van der Waals surface area contributed by atoms with Crippen LogP contribution in [0.25, 0.3) is 0 Å². The van der Waals surface area contributed by atoms with Gasteiger partial charge >= 0.3 is 0 Å². The topological polar surface area (TPSA) is 71.2 Å². The van der Waals surface area contributed by atoms with Gasteiger partial charge in [0.25, 0.3) is 5.91 Å². The van der Waals surface area contributed by atoms with Crippen LogP contribution < -0.4 is 11.1 Å². The molecule has 3 saturated carbocycles. The van der Waals surface area contributed by atoms with Crippen molar-refractivity contribution >= 4 is 28.2 Å². The lowest BCUT2D eigenvalue weighted by molar-refractivity contribution is 0.0745. The number of nitrogens with zero attached hydrogens (tertiary/aromatic N) is 2. The number of rotatable bonds is 7. The summed E-state index contributed by atoms with van der Waals surface area (Å²) in [5.74, 6) is 1.91. The molecule has 0 bridgehead atoms. The Bertz CT molecular complexity index is 532. The third-order valence-electron chi connectivity index (χ3n) is 4.39. The lowest BCUT2D eigenvalue weighted by atomic mass is 10.3. The lowest BCUT2D eigenvalue weighted by Crippen LogP contribution is -2.34. The minimum absolute atomic E-state index is 0.0904. The third-order valence-corrected chi connectivity index (χ3v) is 5.38. The monoisotopic (exact) mass is 306 g/mol. The maximum absolute atomic E-state index is 12.8. The lowest BCUT2D eigenvalue weighted by Gasteiger charge is -2.22. The van der Waals surface area contributed by atoms with Gasteiger partial charge in [0.05, 0.1) is 0 Å². The van der Waals surface area contributed by atoms with Crippen LogP contribution in [-0.4, -0.2) is 34.9 Å². The third kappa shape index (κ3) is 3.31. The zero-order chi connectivity index (χ0) is 14.4. The molecule has 3 fully saturated rings. The minimum atomic E-state index is 0.0904. The molecule has 21 heavy (non-hydrogen) atoms. The Morgan fingerprint density at radius 2 is 1.81 bits per heavy atom. The van der Waals surface area contributed by atoms with Gasteiger partial charge in [-0.3, -0.25) is 4.79 Å². The van der Waals surface area contributed by atoms with Crippen LogP contribution in [-0.2, 0) is 0 Å². The molecule has 0 unspecified atom stereocenters. The largest absolute Gasteiger partial charge is 0.382 e. The normalized spacial score (nSPS) is 21.3. The smallest absolute Gasteiger partial charge is 0.267 e. The summed E-state index contributed by atoms with van der Waals surface area (Å²) in [5, 5.41) is 4.14. The van der Waals surface area contributed by atoms with E-state index in [1.54, 1.807) is 0 Å². The number of nitrogens with two attached hydrogens (primary N) is 1. The Morgan fingerprint density at radius 3 is 2.33 bits per heavy atom. The predicted octanol–water partition coefficient (Wildman–Crippen LogP) is 2.56. The molecule has 5 nitrogen and oxygen atoms in total. The summed E-state index contributed by atoms with van der Waals surface area (Å²) < 4.78 is 0. The number of hydrogen-bond acceptors (Lipinski definition) is 5. The number of nitrogens with one attached hydrogen (secondary N) is 1. The molecular formula is C15H22N4OS. The van der Waals surface area contributed by atoms with Crippen molar-refractivity contribution in [3.05, 3.63) is 4.88 Å². The molecule has 0 aromatic carbocycles. The van der Waals surface area contributed by atoms with E-state index in [0.717, 1.165) is 18.2 Å². The molecule has 114 valence electrons. The minimum Gasteiger partial charge on any atom is -0.382 e. The van der Waals surface area contributed by atoms with Crippen molar-refractivity contribution in [1.29, 1.82) is 0 Å². The fourth-order valence-electron chi connectivity index (χ4n) is 2.56. The Balaban J connectivity index is 1.48. The van der Waals surface area contributed by atoms with Gasteiger partial charge in [-0.25, -0.2) is 4.98 Å². The number of aromatic nitrogens is 1. The van der Waals surface area contributed by atoms with Crippen molar-refractivity contribution in [1.82, 2.24) is 9.88 Å². The summed E-state index contributed by atoms with van der Waals surface area (Å²) in [6, 6.07) is 0.535. The van der Waals surface area contributed by atoms with E-state index in [2.05, 4.69) is 10.3 Å². The summed E-state index contributed by atoms with van der Waals surface area (Å²) in [6.45, 7) is 1.80. The van der Waals surface area contributed by atoms with Gasteiger partial charge in [-0.1, -0.05) is 11.3 Å². The van der Waals surface area contributed by atoms with Crippen LogP contribution in [0.4, 0.5) is 10.9 Å². The number of hydrogen-bond donors (Lipinski definition) is 2. The molecule has 1 heterocycles. The highest BCUT2D eigenvalue weighted by Gasteiger charge is 2.33. The zero-order valence-corrected chi connectivity index (χ0v) is 13.0. The summed E-state index contributed by atoms with van der Waals surface area (Å²) in [6.07, 6.45) is 7.45. The first-order chi connectivity index (χ1) is 10.2. The molecule has 6 heteroatoms. The van der Waals surface area contributed by atoms with E-state index in [9.17, 15) is 4.79 Å². The van der Waals surface area contributed by atoms with Crippen molar-refractivity contribution in [3.8, 4) is 0 Å². The highest BCUT2D eigenvalue weighted by atomic mass is 32.1. The summed E-state index contributed by atoms with van der Waals surface area (Å²) >= 11 is 1.42. The molecule has 3 aliphatic carbocycles. The molecule has 1 aromatic rings. The van der Waals surface area contributed by atoms with Gasteiger partial charge in [0.1, 0.15) is 10.7 Å². The van der Waals surface area contributed by atoms with Crippen LogP contribution in [0.2, 0.25) is 0 Å². The predicted molar refractivity (Wildman–Crippen MR) is 84.5 cm³/mol. The van der Waals surface area contributed by atoms with Gasteiger partial charge in [-0.15, -0.1) is 0 Å². The first-order valence-corrected chi connectivity index (χ1v) is 8.83. The maximum Gasteiger partial charge on any atom is 0.267 e. The Kier molecular flexibility index (Phi) is 3.28. The van der Waals surface area contributed by atoms with E-state index in [4.69, 9.17) is 5.73 Å². The number of nitrogen functional groups attached to an aromatic ring is 1. The zero-order valence-electron chi connectivity index (χ0n) is 12.2. The molecule has 3 aliphatic rings. The molecule has 0 spiro atoms. The molecule has 1 aromatic heterocycles. The number of thiazole rings is 1. The van der Waals surface area contributed by atoms with Gasteiger partial charge in [0.15, 0.2) is 5.13 Å². The number of carbonyl (C=O) groups excluding carboxylic acids is 1. The molecular weight excluding hydrogens is 284 g/mol. The van der Waals surface area contributed by atoms with Gasteiger partial charge in [0, 0.05) is 19.1 Å². The highest BCUT2D eigenvalue weighted by molar-refractivity contribution is 7.18. The van der Waals surface area contributed by atoms with Gasteiger partial charge in [-0.2, -0.15) is 0 Å². The van der Waals surface area contributed by atoms with Crippen LogP contribution in [0.1, 0.15) is 48.2 Å². The first-order valence-electron chi connectivity index (χ1n) is 8.01. The van der Waals surface area contributed by atoms with E-state index in [1.807, 2.05) is 4.90 Å². The van der Waals surface area contributed by atoms with Gasteiger partial charge < -0.3 is 16.0 Å². The number of carbonyl (C=O) groups is 1. The van der Waals surface area contributed by atoms with E-state index >= 15 is 0 Å². The van der Waals surface area contributed by atoms with Crippen molar-refractivity contribution in [3.63, 3.8) is 0 Å². The Morgan fingerprint density at radius 1 is 1.19 bits per heavy atom. The standard InChI is InChI=1S/C15H22N4OS/c16-13-12(21-15(18-13)17-11-5-6-11)14(20)19(7-9-1-2-9)8-10-3-4-10/h9-11H,1-8,16H2,(H,17,18). The quantitative estimate of drug-likeness (QED) is 0.812. The summed E-state index contributed by atoms with van der Waals surface area (Å²) in [7, 11) is 0. The average Bonchev–Trinajstić information content (AvgIpc) is 3.29. The van der Waals surface area contributed by atoms with Crippen molar-refractivity contribution in [2.45, 2.75) is 44.6 Å². The van der Waals surface area contributed by atoms with Crippen LogP contribution in [0.5, 0.6) is 0 Å². The maximum atomic E-state index is 12.8. The van der Waals surface area contributed by atoms with Crippen molar-refractivity contribution in [2.24, 2.45) is 11.8 Å². The van der Waals surface area contributed by atoms with Crippen LogP contribution in [0.3, 0.4) is 0 Å². The Labute approximate surface area is 128 Å². The summed E-state index contributed by atoms with van der Waals surface area (Å²) in [4.78, 5) is 19.8. The van der Waals surface area contributed by atoms with E-state index in [1.165, 1.54) is 49.9 Å². The van der Waals surface area contributed by atoms with Gasteiger partial charge in [0.2, 0.25) is 0 Å². The first kappa shape index (κ1) is 13.4. The second-order valence-corrected chi connectivity index (χ2v) is 7.75. The van der Waals surface area contributed by atoms with Crippen LogP contribution in [0.15, 0.2) is 0 Å². The fourth-order valence-corrected chi connectivity index (χ4v) is 3.49. The molecule has 0 aliphatic heterocycles. The van der Waals surface area contributed by atoms with Gasteiger partial charge in [-0.05, 0) is 50.4 Å². The van der Waals surface area contributed by atoms with Crippen LogP contribution >= 0.6 is 11.3 Å². The second kappa shape index (κ2) is 5.16. The molecule has 0 saturated heterocycles.